The zero-order valence-electron chi connectivity index (χ0n) is 2.29. The third-order valence-electron chi connectivity index (χ3n) is 0.0861. The zero-order valence-corrected chi connectivity index (χ0v) is 2.29. The highest BCUT2D eigenvalue weighted by Gasteiger charge is 1.81. The molecule has 0 aromatic heterocycles. The third kappa shape index (κ3) is 3.90. The second kappa shape index (κ2) is 3.90. The summed E-state index contributed by atoms with van der Waals surface area (Å²) in [7, 11) is 0.361. The molecule has 2 N–H and O–H groups in total. The number of rotatable bonds is 2. The summed E-state index contributed by atoms with van der Waals surface area (Å²) < 4.78 is 0. The van der Waals surface area contributed by atoms with Gasteiger partial charge in [0.05, 0.1) is 0 Å². The molecule has 4 nitrogen and oxygen atoms in total. The quantitative estimate of drug-likeness (QED) is 0.265. The second-order valence-electron chi connectivity index (χ2n) is 0.307. The van der Waals surface area contributed by atoms with Crippen molar-refractivity contribution in [3.05, 3.63) is 0 Å². The molecule has 1 radical (unpaired) electrons. The summed E-state index contributed by atoms with van der Waals surface area (Å²) in [5, 5.41) is 14.5. The first-order valence-electron chi connectivity index (χ1n) is 0.837. The van der Waals surface area contributed by atoms with Crippen LogP contribution in [0.5, 0.6) is 0 Å². The van der Waals surface area contributed by atoms with E-state index in [2.05, 4.69) is 9.61 Å². The van der Waals surface area contributed by atoms with Gasteiger partial charge in [-0.2, -0.15) is 0 Å². The van der Waals surface area contributed by atoms with Gasteiger partial charge in [0.2, 0.25) is 0 Å². The molecule has 0 heterocycles. The molecule has 0 aliphatic heterocycles. The van der Waals surface area contributed by atoms with Gasteiger partial charge in [0.25, 0.3) is 0 Å². The summed E-state index contributed by atoms with van der Waals surface area (Å²) in [6, 6.07) is 0. The molecule has 0 unspecified atom stereocenters. The van der Waals surface area contributed by atoms with Crippen LogP contribution in [-0.4, -0.2) is 18.2 Å². The lowest BCUT2D eigenvalue weighted by atomic mass is 10.4. The fourth-order valence-corrected chi connectivity index (χ4v) is 0.0192. The van der Waals surface area contributed by atoms with E-state index in [4.69, 9.17) is 10.5 Å². The number of hydrogen-bond acceptors (Lipinski definition) is 4. The van der Waals surface area contributed by atoms with E-state index in [0.717, 1.165) is 0 Å². The highest BCUT2D eigenvalue weighted by molar-refractivity contribution is 6.16. The van der Waals surface area contributed by atoms with Gasteiger partial charge in [-0.3, -0.25) is 20.1 Å². The van der Waals surface area contributed by atoms with Crippen molar-refractivity contribution in [3.8, 4) is 0 Å². The first-order chi connectivity index (χ1) is 2.41. The zero-order chi connectivity index (χ0) is 4.12. The lowest BCUT2D eigenvalue weighted by Crippen LogP contribution is -1.95. The Hall–Kier alpha value is -0.0951. The van der Waals surface area contributed by atoms with E-state index < -0.39 is 0 Å². The van der Waals surface area contributed by atoms with Crippen molar-refractivity contribution in [2.24, 2.45) is 0 Å². The van der Waals surface area contributed by atoms with Crippen molar-refractivity contribution in [3.63, 3.8) is 0 Å². The molecular formula is H2BO4. The second-order valence-corrected chi connectivity index (χ2v) is 0.307. The van der Waals surface area contributed by atoms with Crippen LogP contribution in [0.1, 0.15) is 0 Å². The average molecular weight is 76.8 g/mol. The van der Waals surface area contributed by atoms with E-state index in [9.17, 15) is 0 Å². The molecule has 5 heavy (non-hydrogen) atoms. The van der Waals surface area contributed by atoms with Gasteiger partial charge in [-0.15, -0.1) is 0 Å². The molecule has 5 heteroatoms. The molecule has 0 aromatic carbocycles. The van der Waals surface area contributed by atoms with Crippen LogP contribution >= 0.6 is 0 Å². The molecule has 0 amide bonds. The molecule has 0 saturated carbocycles. The predicted molar refractivity (Wildman–Crippen MR) is 13.2 cm³/mol. The maximum Gasteiger partial charge on any atom is 0.557 e. The average Bonchev–Trinajstić information content (AvgIpc) is 1.41. The van der Waals surface area contributed by atoms with Gasteiger partial charge in [0, 0.05) is 0 Å². The Kier molecular flexibility index (Phi) is 3.83. The van der Waals surface area contributed by atoms with E-state index in [-0.39, 0.29) is 0 Å². The summed E-state index contributed by atoms with van der Waals surface area (Å²) in [6.45, 7) is 0. The number of hydrogen-bond donors (Lipinski definition) is 2. The molecule has 0 rings (SSSR count). The molecule has 0 aliphatic rings. The van der Waals surface area contributed by atoms with Crippen LogP contribution < -0.4 is 0 Å². The molecule has 0 aliphatic carbocycles. The molecule has 0 fully saturated rings. The minimum atomic E-state index is 0.361. The normalized spacial score (nSPS) is 7.60. The minimum absolute atomic E-state index is 0.361. The van der Waals surface area contributed by atoms with Gasteiger partial charge in [0.1, 0.15) is 0 Å². The first kappa shape index (κ1) is 4.90. The fraction of sp³-hybridized carbons (Fsp3) is 0. The van der Waals surface area contributed by atoms with Crippen LogP contribution in [0.15, 0.2) is 0 Å². The summed E-state index contributed by atoms with van der Waals surface area (Å²) in [5.41, 5.74) is 0. The third-order valence-corrected chi connectivity index (χ3v) is 0.0861. The van der Waals surface area contributed by atoms with E-state index in [1.807, 2.05) is 0 Å². The van der Waals surface area contributed by atoms with Crippen molar-refractivity contribution in [1.29, 1.82) is 0 Å². The Morgan fingerprint density at radius 1 is 1.20 bits per heavy atom. The van der Waals surface area contributed by atoms with Crippen molar-refractivity contribution < 1.29 is 20.1 Å². The van der Waals surface area contributed by atoms with Gasteiger partial charge in [-0.25, -0.2) is 0 Å². The summed E-state index contributed by atoms with van der Waals surface area (Å²) in [5.74, 6) is 0. The highest BCUT2D eigenvalue weighted by Crippen LogP contribution is 1.53. The summed E-state index contributed by atoms with van der Waals surface area (Å²) in [6.07, 6.45) is 0. The van der Waals surface area contributed by atoms with Crippen LogP contribution in [0, 0.1) is 0 Å². The van der Waals surface area contributed by atoms with Crippen LogP contribution in [0.25, 0.3) is 0 Å². The molecule has 0 saturated heterocycles. The SMILES string of the molecule is OO[B]OO. The molecular weight excluding hydrogens is 74.8 g/mol. The van der Waals surface area contributed by atoms with Gasteiger partial charge in [-0.1, -0.05) is 0 Å². The van der Waals surface area contributed by atoms with Crippen LogP contribution in [-0.2, 0) is 9.61 Å². The fourth-order valence-electron chi connectivity index (χ4n) is 0.0192. The topological polar surface area (TPSA) is 58.9 Å². The minimum Gasteiger partial charge on any atom is -0.266 e. The Labute approximate surface area is 29.1 Å². The predicted octanol–water partition coefficient (Wildman–Crippen LogP) is -0.500. The Morgan fingerprint density at radius 3 is 1.60 bits per heavy atom. The van der Waals surface area contributed by atoms with Crippen molar-refractivity contribution in [2.75, 3.05) is 0 Å². The van der Waals surface area contributed by atoms with E-state index in [1.165, 1.54) is 0 Å². The van der Waals surface area contributed by atoms with Crippen molar-refractivity contribution in [2.45, 2.75) is 0 Å². The molecule has 0 aromatic rings. The molecule has 0 bridgehead atoms. The van der Waals surface area contributed by atoms with Crippen molar-refractivity contribution in [1.82, 2.24) is 0 Å². The van der Waals surface area contributed by atoms with Gasteiger partial charge in [-0.05, 0) is 0 Å². The Morgan fingerprint density at radius 2 is 1.60 bits per heavy atom. The summed E-state index contributed by atoms with van der Waals surface area (Å²) in [4.78, 5) is 6.19. The Bertz CT molecular complexity index is 11.1. The largest absolute Gasteiger partial charge is 0.557 e. The molecule has 0 spiro atoms. The van der Waals surface area contributed by atoms with Crippen molar-refractivity contribution >= 4 is 7.69 Å². The van der Waals surface area contributed by atoms with Gasteiger partial charge < -0.3 is 0 Å². The van der Waals surface area contributed by atoms with E-state index in [1.54, 1.807) is 0 Å². The maximum atomic E-state index is 7.23. The van der Waals surface area contributed by atoms with Crippen LogP contribution in [0.2, 0.25) is 0 Å². The smallest absolute Gasteiger partial charge is 0.266 e. The van der Waals surface area contributed by atoms with Crippen LogP contribution in [0.3, 0.4) is 0 Å². The standard InChI is InChI=1S/BH2O4/c2-4-1-5-3/h2-3H. The van der Waals surface area contributed by atoms with Gasteiger partial charge >= 0.3 is 7.69 Å². The molecule has 0 atom stereocenters. The molecule has 29 valence electrons. The van der Waals surface area contributed by atoms with Gasteiger partial charge in [0.15, 0.2) is 0 Å². The summed E-state index contributed by atoms with van der Waals surface area (Å²) >= 11 is 0. The Balaban J connectivity index is 2.19. The van der Waals surface area contributed by atoms with E-state index in [0.29, 0.717) is 7.69 Å². The maximum absolute atomic E-state index is 7.23. The lowest BCUT2D eigenvalue weighted by molar-refractivity contribution is -0.214. The van der Waals surface area contributed by atoms with E-state index >= 15 is 0 Å². The lowest BCUT2D eigenvalue weighted by Gasteiger charge is -1.78. The first-order valence-corrected chi connectivity index (χ1v) is 0.837. The monoisotopic (exact) mass is 77.0 g/mol. The highest BCUT2D eigenvalue weighted by atomic mass is 17.2. The van der Waals surface area contributed by atoms with Crippen LogP contribution in [0.4, 0.5) is 0 Å².